The molecule has 1 spiro atoms. The van der Waals surface area contributed by atoms with E-state index in [1.54, 1.807) is 0 Å². The van der Waals surface area contributed by atoms with Crippen LogP contribution in [0.25, 0.3) is 0 Å². The molecule has 2 aliphatic rings. The van der Waals surface area contributed by atoms with E-state index in [0.717, 1.165) is 12.8 Å². The van der Waals surface area contributed by atoms with E-state index in [2.05, 4.69) is 5.32 Å². The highest BCUT2D eigenvalue weighted by molar-refractivity contribution is 5.09. The first-order valence-electron chi connectivity index (χ1n) is 3.23. The van der Waals surface area contributed by atoms with E-state index in [4.69, 9.17) is 0 Å². The van der Waals surface area contributed by atoms with Crippen LogP contribution in [-0.4, -0.2) is 18.3 Å². The average molecular weight is 115 g/mol. The van der Waals surface area contributed by atoms with Crippen molar-refractivity contribution in [3.05, 3.63) is 0 Å². The molecule has 0 bridgehead atoms. The lowest BCUT2D eigenvalue weighted by atomic mass is 9.69. The maximum atomic E-state index is 12.6. The zero-order chi connectivity index (χ0) is 5.61. The fourth-order valence-corrected chi connectivity index (χ4v) is 1.52. The molecule has 1 atom stereocenters. The molecule has 46 valence electrons. The van der Waals surface area contributed by atoms with E-state index in [-0.39, 0.29) is 5.54 Å². The Hall–Kier alpha value is -0.110. The Morgan fingerprint density at radius 1 is 1.50 bits per heavy atom. The molecule has 1 saturated heterocycles. The SMILES string of the molecule is F[C@H]1CNC12CCC2. The Kier molecular flexibility index (Phi) is 0.734. The third-order valence-corrected chi connectivity index (χ3v) is 2.48. The van der Waals surface area contributed by atoms with Gasteiger partial charge in [0.15, 0.2) is 0 Å². The van der Waals surface area contributed by atoms with Crippen LogP contribution in [0.1, 0.15) is 19.3 Å². The molecule has 8 heavy (non-hydrogen) atoms. The van der Waals surface area contributed by atoms with Gasteiger partial charge in [0.1, 0.15) is 6.17 Å². The topological polar surface area (TPSA) is 12.0 Å². The molecule has 2 rings (SSSR count). The van der Waals surface area contributed by atoms with Crippen LogP contribution >= 0.6 is 0 Å². The molecule has 1 nitrogen and oxygen atoms in total. The van der Waals surface area contributed by atoms with E-state index in [1.165, 1.54) is 6.42 Å². The summed E-state index contributed by atoms with van der Waals surface area (Å²) in [5.41, 5.74) is -0.0139. The van der Waals surface area contributed by atoms with E-state index < -0.39 is 6.17 Å². The summed E-state index contributed by atoms with van der Waals surface area (Å²) in [5, 5.41) is 3.13. The minimum Gasteiger partial charge on any atom is -0.306 e. The lowest BCUT2D eigenvalue weighted by Gasteiger charge is -2.52. The number of hydrogen-bond donors (Lipinski definition) is 1. The molecule has 0 aromatic rings. The fraction of sp³-hybridized carbons (Fsp3) is 1.00. The lowest BCUT2D eigenvalue weighted by Crippen LogP contribution is -2.70. The van der Waals surface area contributed by atoms with Crippen molar-refractivity contribution >= 4 is 0 Å². The van der Waals surface area contributed by atoms with Crippen LogP contribution in [0, 0.1) is 0 Å². The van der Waals surface area contributed by atoms with E-state index in [9.17, 15) is 4.39 Å². The van der Waals surface area contributed by atoms with Crippen molar-refractivity contribution < 1.29 is 4.39 Å². The Morgan fingerprint density at radius 2 is 2.25 bits per heavy atom. The maximum absolute atomic E-state index is 12.6. The summed E-state index contributed by atoms with van der Waals surface area (Å²) in [6, 6.07) is 0. The Bertz CT molecular complexity index is 104. The molecule has 1 N–H and O–H groups in total. The van der Waals surface area contributed by atoms with Crippen molar-refractivity contribution in [1.29, 1.82) is 0 Å². The minimum absolute atomic E-state index is 0.0139. The summed E-state index contributed by atoms with van der Waals surface area (Å²) in [6.07, 6.45) is 2.81. The number of hydrogen-bond acceptors (Lipinski definition) is 1. The third-order valence-electron chi connectivity index (χ3n) is 2.48. The van der Waals surface area contributed by atoms with E-state index in [0.29, 0.717) is 6.54 Å². The molecule has 0 unspecified atom stereocenters. The first-order chi connectivity index (χ1) is 3.83. The van der Waals surface area contributed by atoms with Crippen molar-refractivity contribution in [3.63, 3.8) is 0 Å². The second kappa shape index (κ2) is 1.24. The van der Waals surface area contributed by atoms with Gasteiger partial charge in [-0.2, -0.15) is 0 Å². The molecule has 0 aromatic carbocycles. The lowest BCUT2D eigenvalue weighted by molar-refractivity contribution is -0.00615. The van der Waals surface area contributed by atoms with Crippen LogP contribution in [0.3, 0.4) is 0 Å². The van der Waals surface area contributed by atoms with E-state index >= 15 is 0 Å². The first kappa shape index (κ1) is 4.74. The summed E-state index contributed by atoms with van der Waals surface area (Å²) in [4.78, 5) is 0. The van der Waals surface area contributed by atoms with Crippen LogP contribution < -0.4 is 5.32 Å². The highest BCUT2D eigenvalue weighted by atomic mass is 19.1. The average Bonchev–Trinajstić information content (AvgIpc) is 1.58. The number of rotatable bonds is 0. The van der Waals surface area contributed by atoms with E-state index in [1.807, 2.05) is 0 Å². The summed E-state index contributed by atoms with van der Waals surface area (Å²) >= 11 is 0. The Morgan fingerprint density at radius 3 is 2.25 bits per heavy atom. The predicted molar refractivity (Wildman–Crippen MR) is 29.5 cm³/mol. The normalized spacial score (nSPS) is 40.9. The molecule has 0 radical (unpaired) electrons. The van der Waals surface area contributed by atoms with Crippen molar-refractivity contribution in [3.8, 4) is 0 Å². The molecule has 2 fully saturated rings. The van der Waals surface area contributed by atoms with Gasteiger partial charge in [-0.1, -0.05) is 0 Å². The number of nitrogens with one attached hydrogen (secondary N) is 1. The highest BCUT2D eigenvalue weighted by Gasteiger charge is 2.50. The quantitative estimate of drug-likeness (QED) is 0.493. The fourth-order valence-electron chi connectivity index (χ4n) is 1.52. The van der Waals surface area contributed by atoms with Gasteiger partial charge in [-0.3, -0.25) is 0 Å². The smallest absolute Gasteiger partial charge is 0.131 e. The van der Waals surface area contributed by atoms with Gasteiger partial charge in [-0.05, 0) is 19.3 Å². The molecule has 1 aliphatic heterocycles. The van der Waals surface area contributed by atoms with Gasteiger partial charge in [0.25, 0.3) is 0 Å². The monoisotopic (exact) mass is 115 g/mol. The summed E-state index contributed by atoms with van der Waals surface area (Å²) in [6.45, 7) is 0.597. The standard InChI is InChI=1S/C6H10FN/c7-5-4-8-6(5)2-1-3-6/h5,8H,1-4H2/t5-/m0/s1. The van der Waals surface area contributed by atoms with Crippen LogP contribution in [0.5, 0.6) is 0 Å². The zero-order valence-corrected chi connectivity index (χ0v) is 4.78. The van der Waals surface area contributed by atoms with Gasteiger partial charge in [0.05, 0.1) is 5.54 Å². The second-order valence-corrected chi connectivity index (χ2v) is 2.86. The summed E-state index contributed by atoms with van der Waals surface area (Å²) < 4.78 is 12.6. The summed E-state index contributed by atoms with van der Waals surface area (Å²) in [5.74, 6) is 0. The van der Waals surface area contributed by atoms with Gasteiger partial charge < -0.3 is 5.32 Å². The Labute approximate surface area is 48.3 Å². The maximum Gasteiger partial charge on any atom is 0.131 e. The van der Waals surface area contributed by atoms with Gasteiger partial charge >= 0.3 is 0 Å². The minimum atomic E-state index is -0.531. The van der Waals surface area contributed by atoms with Crippen molar-refractivity contribution in [2.75, 3.05) is 6.54 Å². The van der Waals surface area contributed by atoms with Gasteiger partial charge in [-0.25, -0.2) is 4.39 Å². The number of halogens is 1. The second-order valence-electron chi connectivity index (χ2n) is 2.86. The van der Waals surface area contributed by atoms with Crippen LogP contribution in [0.4, 0.5) is 4.39 Å². The van der Waals surface area contributed by atoms with Gasteiger partial charge in [0.2, 0.25) is 0 Å². The van der Waals surface area contributed by atoms with Crippen LogP contribution in [0.2, 0.25) is 0 Å². The first-order valence-corrected chi connectivity index (χ1v) is 3.23. The zero-order valence-electron chi connectivity index (χ0n) is 4.78. The van der Waals surface area contributed by atoms with Crippen LogP contribution in [0.15, 0.2) is 0 Å². The third kappa shape index (κ3) is 0.356. The van der Waals surface area contributed by atoms with Crippen LogP contribution in [-0.2, 0) is 0 Å². The van der Waals surface area contributed by atoms with Gasteiger partial charge in [-0.15, -0.1) is 0 Å². The summed E-state index contributed by atoms with van der Waals surface area (Å²) in [7, 11) is 0. The van der Waals surface area contributed by atoms with Crippen molar-refractivity contribution in [2.45, 2.75) is 31.0 Å². The molecular formula is C6H10FN. The van der Waals surface area contributed by atoms with Gasteiger partial charge in [0, 0.05) is 6.54 Å². The highest BCUT2D eigenvalue weighted by Crippen LogP contribution is 2.41. The molecule has 2 heteroatoms. The number of alkyl halides is 1. The molecular weight excluding hydrogens is 105 g/mol. The molecule has 0 amide bonds. The molecule has 1 heterocycles. The predicted octanol–water partition coefficient (Wildman–Crippen LogP) is 0.850. The van der Waals surface area contributed by atoms with Crippen molar-refractivity contribution in [1.82, 2.24) is 5.32 Å². The molecule has 0 aromatic heterocycles. The molecule has 1 aliphatic carbocycles. The largest absolute Gasteiger partial charge is 0.306 e. The molecule has 1 saturated carbocycles. The Balaban J connectivity index is 2.03. The van der Waals surface area contributed by atoms with Crippen molar-refractivity contribution in [2.24, 2.45) is 0 Å².